The molecule has 0 unspecified atom stereocenters. The normalized spacial score (nSPS) is 28.5. The van der Waals surface area contributed by atoms with Gasteiger partial charge in [-0.2, -0.15) is 0 Å². The lowest BCUT2D eigenvalue weighted by molar-refractivity contribution is -0.119. The zero-order valence-electron chi connectivity index (χ0n) is 10.6. The first-order valence-electron chi connectivity index (χ1n) is 6.71. The van der Waals surface area contributed by atoms with E-state index in [1.807, 2.05) is 12.1 Å². The smallest absolute Gasteiger partial charge is 0.231 e. The van der Waals surface area contributed by atoms with Crippen molar-refractivity contribution in [2.75, 3.05) is 13.3 Å². The Bertz CT molecular complexity index is 531. The van der Waals surface area contributed by atoms with Crippen molar-refractivity contribution in [2.45, 2.75) is 31.5 Å². The number of carbonyl (C=O) groups excluding carboxylic acids is 1. The number of fused-ring (bicyclic) bond motifs is 2. The molecule has 0 aliphatic carbocycles. The average molecular weight is 260 g/mol. The van der Waals surface area contributed by atoms with Crippen LogP contribution in [0.1, 0.15) is 18.4 Å². The van der Waals surface area contributed by atoms with Crippen molar-refractivity contribution in [1.82, 2.24) is 10.2 Å². The van der Waals surface area contributed by atoms with Crippen LogP contribution < -0.4 is 14.8 Å². The van der Waals surface area contributed by atoms with Crippen molar-refractivity contribution in [3.05, 3.63) is 23.8 Å². The monoisotopic (exact) mass is 260 g/mol. The number of nitrogens with zero attached hydrogens (tertiary/aromatic N) is 1. The van der Waals surface area contributed by atoms with Crippen LogP contribution >= 0.6 is 0 Å². The van der Waals surface area contributed by atoms with Gasteiger partial charge in [0, 0.05) is 31.6 Å². The van der Waals surface area contributed by atoms with Crippen molar-refractivity contribution in [1.29, 1.82) is 0 Å². The summed E-state index contributed by atoms with van der Waals surface area (Å²) in [5.41, 5.74) is 1.21. The summed E-state index contributed by atoms with van der Waals surface area (Å²) in [5.74, 6) is 1.83. The molecule has 0 bridgehead atoms. The highest BCUT2D eigenvalue weighted by atomic mass is 16.7. The van der Waals surface area contributed by atoms with Crippen LogP contribution in [-0.2, 0) is 11.3 Å². The second-order valence-electron chi connectivity index (χ2n) is 5.39. The zero-order valence-corrected chi connectivity index (χ0v) is 10.6. The summed E-state index contributed by atoms with van der Waals surface area (Å²) in [6.45, 7) is 2.22. The van der Waals surface area contributed by atoms with E-state index < -0.39 is 0 Å². The first-order valence-corrected chi connectivity index (χ1v) is 6.71. The van der Waals surface area contributed by atoms with Crippen molar-refractivity contribution in [3.8, 4) is 11.5 Å². The molecule has 4 rings (SSSR count). The van der Waals surface area contributed by atoms with Gasteiger partial charge in [-0.1, -0.05) is 6.07 Å². The van der Waals surface area contributed by atoms with Gasteiger partial charge in [0.1, 0.15) is 0 Å². The number of ether oxygens (including phenoxy) is 2. The zero-order chi connectivity index (χ0) is 12.8. The van der Waals surface area contributed by atoms with Crippen LogP contribution in [0, 0.1) is 0 Å². The van der Waals surface area contributed by atoms with Gasteiger partial charge in [0.15, 0.2) is 11.5 Å². The maximum absolute atomic E-state index is 11.4. The molecule has 5 nitrogen and oxygen atoms in total. The van der Waals surface area contributed by atoms with E-state index >= 15 is 0 Å². The fourth-order valence-electron chi connectivity index (χ4n) is 3.28. The minimum absolute atomic E-state index is 0.186. The SMILES string of the molecule is O=C1C[C@@H]2[C@H](CCN2Cc2ccc3c(c2)OCO3)N1. The van der Waals surface area contributed by atoms with Crippen LogP contribution in [0.15, 0.2) is 18.2 Å². The number of hydrogen-bond donors (Lipinski definition) is 1. The summed E-state index contributed by atoms with van der Waals surface area (Å²) in [6.07, 6.45) is 1.69. The Kier molecular flexibility index (Phi) is 2.41. The lowest BCUT2D eigenvalue weighted by Gasteiger charge is -2.22. The second-order valence-corrected chi connectivity index (χ2v) is 5.39. The Morgan fingerprint density at radius 1 is 1.32 bits per heavy atom. The minimum atomic E-state index is 0.186. The maximum atomic E-state index is 11.4. The van der Waals surface area contributed by atoms with Gasteiger partial charge in [-0.15, -0.1) is 0 Å². The van der Waals surface area contributed by atoms with E-state index in [9.17, 15) is 4.79 Å². The lowest BCUT2D eigenvalue weighted by Crippen LogP contribution is -2.33. The van der Waals surface area contributed by atoms with Crippen LogP contribution in [0.2, 0.25) is 0 Å². The largest absolute Gasteiger partial charge is 0.454 e. The molecule has 3 heterocycles. The van der Waals surface area contributed by atoms with Gasteiger partial charge in [-0.3, -0.25) is 9.69 Å². The van der Waals surface area contributed by atoms with Gasteiger partial charge in [0.25, 0.3) is 0 Å². The highest BCUT2D eigenvalue weighted by Gasteiger charge is 2.41. The number of benzene rings is 1. The third-order valence-corrected chi connectivity index (χ3v) is 4.22. The standard InChI is InChI=1S/C14H16N2O3/c17-14-6-11-10(15-14)3-4-16(11)7-9-1-2-12-13(5-9)19-8-18-12/h1-2,5,10-11H,3-4,6-8H2,(H,15,17)/t10-,11+/m0/s1. The highest BCUT2D eigenvalue weighted by Crippen LogP contribution is 2.34. The lowest BCUT2D eigenvalue weighted by atomic mass is 10.1. The number of likely N-dealkylation sites (tertiary alicyclic amines) is 1. The van der Waals surface area contributed by atoms with E-state index in [0.717, 1.165) is 31.0 Å². The molecule has 2 saturated heterocycles. The van der Waals surface area contributed by atoms with Crippen molar-refractivity contribution in [3.63, 3.8) is 0 Å². The molecule has 0 spiro atoms. The molecule has 2 atom stereocenters. The summed E-state index contributed by atoms with van der Waals surface area (Å²) < 4.78 is 10.7. The summed E-state index contributed by atoms with van der Waals surface area (Å²) >= 11 is 0. The van der Waals surface area contributed by atoms with Gasteiger partial charge < -0.3 is 14.8 Å². The first-order chi connectivity index (χ1) is 9.29. The fraction of sp³-hybridized carbons (Fsp3) is 0.500. The van der Waals surface area contributed by atoms with Crippen LogP contribution in [0.3, 0.4) is 0 Å². The van der Waals surface area contributed by atoms with E-state index in [4.69, 9.17) is 9.47 Å². The average Bonchev–Trinajstić information content (AvgIpc) is 3.06. The van der Waals surface area contributed by atoms with Gasteiger partial charge in [0.2, 0.25) is 12.7 Å². The number of hydrogen-bond acceptors (Lipinski definition) is 4. The van der Waals surface area contributed by atoms with E-state index in [1.54, 1.807) is 0 Å². The Morgan fingerprint density at radius 2 is 2.21 bits per heavy atom. The minimum Gasteiger partial charge on any atom is -0.454 e. The molecule has 1 aromatic rings. The molecule has 3 aliphatic heterocycles. The third-order valence-electron chi connectivity index (χ3n) is 4.22. The number of carbonyl (C=O) groups is 1. The molecule has 0 saturated carbocycles. The second kappa shape index (κ2) is 4.13. The summed E-state index contributed by atoms with van der Waals surface area (Å²) in [4.78, 5) is 13.8. The van der Waals surface area contributed by atoms with E-state index in [2.05, 4.69) is 16.3 Å². The molecule has 0 radical (unpaired) electrons. The van der Waals surface area contributed by atoms with Crippen molar-refractivity contribution < 1.29 is 14.3 Å². The first kappa shape index (κ1) is 11.1. The Balaban J connectivity index is 1.51. The van der Waals surface area contributed by atoms with Gasteiger partial charge in [-0.05, 0) is 24.1 Å². The molecular weight excluding hydrogens is 244 g/mol. The van der Waals surface area contributed by atoms with E-state index in [1.165, 1.54) is 5.56 Å². The third kappa shape index (κ3) is 1.85. The number of nitrogens with one attached hydrogen (secondary N) is 1. The summed E-state index contributed by atoms with van der Waals surface area (Å²) in [7, 11) is 0. The molecule has 2 fully saturated rings. The molecular formula is C14H16N2O3. The van der Waals surface area contributed by atoms with Crippen molar-refractivity contribution >= 4 is 5.91 Å². The van der Waals surface area contributed by atoms with Gasteiger partial charge in [0.05, 0.1) is 0 Å². The van der Waals surface area contributed by atoms with Crippen LogP contribution in [0.4, 0.5) is 0 Å². The molecule has 1 N–H and O–H groups in total. The molecule has 19 heavy (non-hydrogen) atoms. The van der Waals surface area contributed by atoms with Crippen LogP contribution in [-0.4, -0.2) is 36.2 Å². The topological polar surface area (TPSA) is 50.8 Å². The maximum Gasteiger partial charge on any atom is 0.231 e. The highest BCUT2D eigenvalue weighted by molar-refractivity contribution is 5.80. The molecule has 0 aromatic heterocycles. The van der Waals surface area contributed by atoms with E-state index in [0.29, 0.717) is 25.3 Å². The quantitative estimate of drug-likeness (QED) is 0.857. The molecule has 1 aromatic carbocycles. The van der Waals surface area contributed by atoms with E-state index in [-0.39, 0.29) is 5.91 Å². The molecule has 100 valence electrons. The predicted molar refractivity (Wildman–Crippen MR) is 67.9 cm³/mol. The fourth-order valence-corrected chi connectivity index (χ4v) is 3.28. The van der Waals surface area contributed by atoms with Gasteiger partial charge in [-0.25, -0.2) is 0 Å². The van der Waals surface area contributed by atoms with Crippen LogP contribution in [0.25, 0.3) is 0 Å². The Hall–Kier alpha value is -1.75. The molecule has 5 heteroatoms. The molecule has 3 aliphatic rings. The van der Waals surface area contributed by atoms with Crippen LogP contribution in [0.5, 0.6) is 11.5 Å². The Morgan fingerprint density at radius 3 is 3.16 bits per heavy atom. The number of rotatable bonds is 2. The predicted octanol–water partition coefficient (Wildman–Crippen LogP) is 0.878. The number of amides is 1. The van der Waals surface area contributed by atoms with Gasteiger partial charge >= 0.3 is 0 Å². The summed E-state index contributed by atoms with van der Waals surface area (Å²) in [5, 5.41) is 3.05. The Labute approximate surface area is 111 Å². The molecule has 1 amide bonds. The summed E-state index contributed by atoms with van der Waals surface area (Å²) in [6, 6.07) is 6.79. The van der Waals surface area contributed by atoms with Crippen molar-refractivity contribution in [2.24, 2.45) is 0 Å².